The summed E-state index contributed by atoms with van der Waals surface area (Å²) in [4.78, 5) is 10.9. The number of hydrogen-bond acceptors (Lipinski definition) is 1. The molecule has 0 unspecified atom stereocenters. The van der Waals surface area contributed by atoms with Crippen LogP contribution in [0.4, 0.5) is 0 Å². The highest BCUT2D eigenvalue weighted by molar-refractivity contribution is 6.45. The predicted molar refractivity (Wildman–Crippen MR) is 50.1 cm³/mol. The van der Waals surface area contributed by atoms with E-state index in [1.165, 1.54) is 6.08 Å². The summed E-state index contributed by atoms with van der Waals surface area (Å²) in [5.74, 6) is 0.171. The van der Waals surface area contributed by atoms with Gasteiger partial charge in [-0.05, 0) is 11.1 Å². The summed E-state index contributed by atoms with van der Waals surface area (Å²) in [6.45, 7) is 9.99. The third-order valence-electron chi connectivity index (χ3n) is 1.85. The summed E-state index contributed by atoms with van der Waals surface area (Å²) in [5.41, 5.74) is 0. The van der Waals surface area contributed by atoms with Gasteiger partial charge in [0.2, 0.25) is 0 Å². The van der Waals surface area contributed by atoms with E-state index >= 15 is 0 Å². The lowest BCUT2D eigenvalue weighted by molar-refractivity contribution is -0.112. The third-order valence-corrected chi connectivity index (χ3v) is 3.69. The lowest BCUT2D eigenvalue weighted by Gasteiger charge is -2.20. The van der Waals surface area contributed by atoms with Gasteiger partial charge >= 0.3 is 0 Å². The summed E-state index contributed by atoms with van der Waals surface area (Å²) < 4.78 is 0. The van der Waals surface area contributed by atoms with Crippen LogP contribution in [0.5, 0.6) is 0 Å². The molecule has 11 heavy (non-hydrogen) atoms. The van der Waals surface area contributed by atoms with Crippen LogP contribution in [0.25, 0.3) is 0 Å². The molecule has 2 radical (unpaired) electrons. The Morgan fingerprint density at radius 1 is 1.64 bits per heavy atom. The molecule has 0 saturated carbocycles. The van der Waals surface area contributed by atoms with Crippen LogP contribution < -0.4 is 0 Å². The molecule has 0 bridgehead atoms. The van der Waals surface area contributed by atoms with Crippen molar-refractivity contribution in [1.29, 1.82) is 0 Å². The molecule has 2 heteroatoms. The van der Waals surface area contributed by atoms with E-state index in [1.807, 2.05) is 0 Å². The zero-order valence-corrected chi connectivity index (χ0v) is 8.61. The molecular formula is C9H16OSi. The van der Waals surface area contributed by atoms with Crippen LogP contribution in [0.3, 0.4) is 0 Å². The van der Waals surface area contributed by atoms with Gasteiger partial charge in [-0.25, -0.2) is 0 Å². The predicted octanol–water partition coefficient (Wildman–Crippen LogP) is 2.47. The SMILES string of the molecule is C=CC(=O)C[Si]C(C)(C)CC. The second-order valence-electron chi connectivity index (χ2n) is 3.26. The Labute approximate surface area is 71.7 Å². The lowest BCUT2D eigenvalue weighted by atomic mass is 10.1. The summed E-state index contributed by atoms with van der Waals surface area (Å²) >= 11 is 0. The van der Waals surface area contributed by atoms with Gasteiger partial charge in [0.25, 0.3) is 0 Å². The monoisotopic (exact) mass is 168 g/mol. The molecule has 0 aliphatic heterocycles. The normalized spacial score (nSPS) is 11.2. The van der Waals surface area contributed by atoms with Crippen molar-refractivity contribution in [3.8, 4) is 0 Å². The average Bonchev–Trinajstić information content (AvgIpc) is 2.00. The summed E-state index contributed by atoms with van der Waals surface area (Å²) in [6, 6.07) is 0.671. The largest absolute Gasteiger partial charge is 0.295 e. The van der Waals surface area contributed by atoms with Crippen molar-refractivity contribution in [2.45, 2.75) is 38.3 Å². The molecule has 0 fully saturated rings. The number of carbonyl (C=O) groups is 1. The fourth-order valence-electron chi connectivity index (χ4n) is 0.524. The van der Waals surface area contributed by atoms with Crippen LogP contribution in [-0.4, -0.2) is 15.3 Å². The molecule has 1 nitrogen and oxygen atoms in total. The Bertz CT molecular complexity index is 150. The van der Waals surface area contributed by atoms with E-state index in [0.29, 0.717) is 11.1 Å². The molecule has 0 atom stereocenters. The summed E-state index contributed by atoms with van der Waals surface area (Å²) in [5, 5.41) is 0.332. The van der Waals surface area contributed by atoms with E-state index in [2.05, 4.69) is 27.4 Å². The van der Waals surface area contributed by atoms with E-state index in [9.17, 15) is 4.79 Å². The Kier molecular flexibility index (Phi) is 4.34. The van der Waals surface area contributed by atoms with Crippen LogP contribution in [0.1, 0.15) is 27.2 Å². The number of ketones is 1. The van der Waals surface area contributed by atoms with Crippen molar-refractivity contribution in [2.75, 3.05) is 0 Å². The van der Waals surface area contributed by atoms with Crippen molar-refractivity contribution in [3.05, 3.63) is 12.7 Å². The first-order chi connectivity index (χ1) is 5.02. The van der Waals surface area contributed by atoms with Crippen LogP contribution >= 0.6 is 0 Å². The Balaban J connectivity index is 3.69. The molecule has 0 aromatic rings. The Morgan fingerprint density at radius 3 is 2.55 bits per heavy atom. The van der Waals surface area contributed by atoms with Crippen molar-refractivity contribution in [3.63, 3.8) is 0 Å². The molecule has 0 aromatic heterocycles. The van der Waals surface area contributed by atoms with E-state index in [1.54, 1.807) is 0 Å². The summed E-state index contributed by atoms with van der Waals surface area (Å²) in [7, 11) is 0.725. The molecule has 0 aliphatic carbocycles. The van der Waals surface area contributed by atoms with E-state index in [-0.39, 0.29) is 5.78 Å². The Hall–Kier alpha value is -0.373. The van der Waals surface area contributed by atoms with Crippen molar-refractivity contribution >= 4 is 15.3 Å². The van der Waals surface area contributed by atoms with Crippen molar-refractivity contribution in [1.82, 2.24) is 0 Å². The quantitative estimate of drug-likeness (QED) is 0.455. The number of allylic oxidation sites excluding steroid dienone is 1. The molecule has 0 rings (SSSR count). The first kappa shape index (κ1) is 10.6. The van der Waals surface area contributed by atoms with Gasteiger partial charge in [-0.15, -0.1) is 0 Å². The van der Waals surface area contributed by atoms with Gasteiger partial charge in [0.05, 0.1) is 9.52 Å². The van der Waals surface area contributed by atoms with Crippen molar-refractivity contribution in [2.24, 2.45) is 0 Å². The average molecular weight is 168 g/mol. The van der Waals surface area contributed by atoms with Crippen LogP contribution in [0.15, 0.2) is 12.7 Å². The summed E-state index contributed by atoms with van der Waals surface area (Å²) in [6.07, 6.45) is 2.55. The number of hydrogen-bond donors (Lipinski definition) is 0. The molecular weight excluding hydrogens is 152 g/mol. The number of carbonyl (C=O) groups excluding carboxylic acids is 1. The smallest absolute Gasteiger partial charge is 0.152 e. The molecule has 62 valence electrons. The first-order valence-corrected chi connectivity index (χ1v) is 5.13. The van der Waals surface area contributed by atoms with Crippen LogP contribution in [-0.2, 0) is 4.79 Å². The van der Waals surface area contributed by atoms with Gasteiger partial charge < -0.3 is 0 Å². The molecule has 0 aliphatic rings. The fraction of sp³-hybridized carbons (Fsp3) is 0.667. The minimum Gasteiger partial charge on any atom is -0.295 e. The minimum atomic E-state index is 0.171. The highest BCUT2D eigenvalue weighted by atomic mass is 28.2. The van der Waals surface area contributed by atoms with Gasteiger partial charge in [0.15, 0.2) is 5.78 Å². The van der Waals surface area contributed by atoms with Gasteiger partial charge in [-0.3, -0.25) is 4.79 Å². The van der Waals surface area contributed by atoms with Gasteiger partial charge in [-0.1, -0.05) is 33.8 Å². The standard InChI is InChI=1S/C9H16OSi/c1-5-8(10)7-11-9(3,4)6-2/h5H,1,6-7H2,2-4H3. The maximum absolute atomic E-state index is 10.9. The van der Waals surface area contributed by atoms with Gasteiger partial charge in [0.1, 0.15) is 0 Å². The zero-order valence-electron chi connectivity index (χ0n) is 7.61. The molecule has 0 saturated heterocycles. The van der Waals surface area contributed by atoms with E-state index in [0.717, 1.165) is 15.9 Å². The van der Waals surface area contributed by atoms with E-state index < -0.39 is 0 Å². The molecule has 0 aromatic carbocycles. The fourth-order valence-corrected chi connectivity index (χ4v) is 1.57. The second kappa shape index (κ2) is 4.49. The molecule has 0 amide bonds. The highest BCUT2D eigenvalue weighted by Gasteiger charge is 2.16. The lowest BCUT2D eigenvalue weighted by Crippen LogP contribution is -2.14. The first-order valence-electron chi connectivity index (χ1n) is 3.92. The second-order valence-corrected chi connectivity index (χ2v) is 5.32. The number of rotatable bonds is 5. The van der Waals surface area contributed by atoms with Gasteiger partial charge in [-0.2, -0.15) is 0 Å². The third kappa shape index (κ3) is 4.96. The maximum Gasteiger partial charge on any atom is 0.152 e. The molecule has 0 N–H and O–H groups in total. The zero-order chi connectivity index (χ0) is 8.91. The highest BCUT2D eigenvalue weighted by Crippen LogP contribution is 2.27. The maximum atomic E-state index is 10.9. The molecule has 0 spiro atoms. The van der Waals surface area contributed by atoms with Gasteiger partial charge in [0, 0.05) is 6.04 Å². The minimum absolute atomic E-state index is 0.171. The van der Waals surface area contributed by atoms with E-state index in [4.69, 9.17) is 0 Å². The van der Waals surface area contributed by atoms with Crippen LogP contribution in [0, 0.1) is 0 Å². The molecule has 0 heterocycles. The van der Waals surface area contributed by atoms with Crippen LogP contribution in [0.2, 0.25) is 11.1 Å². The topological polar surface area (TPSA) is 17.1 Å². The Morgan fingerprint density at radius 2 is 2.18 bits per heavy atom. The van der Waals surface area contributed by atoms with Crippen molar-refractivity contribution < 1.29 is 4.79 Å².